The number of nitrogens with one attached hydrogen (secondary N) is 1. The van der Waals surface area contributed by atoms with E-state index in [1.54, 1.807) is 36.1 Å². The maximum atomic E-state index is 15.8. The minimum atomic E-state index is -0.840. The number of aromatic nitrogens is 1. The third-order valence-electron chi connectivity index (χ3n) is 5.42. The maximum Gasteiger partial charge on any atom is 0.343 e. The summed E-state index contributed by atoms with van der Waals surface area (Å²) in [4.78, 5) is 27.0. The van der Waals surface area contributed by atoms with E-state index in [0.717, 1.165) is 11.6 Å². The predicted octanol–water partition coefficient (Wildman–Crippen LogP) is 3.57. The number of hydrogen-bond acceptors (Lipinski definition) is 5. The summed E-state index contributed by atoms with van der Waals surface area (Å²) in [6.45, 7) is 3.88. The molecule has 0 spiro atoms. The summed E-state index contributed by atoms with van der Waals surface area (Å²) in [5.41, 5.74) is -0.515. The average Bonchev–Trinajstić information content (AvgIpc) is 2.78. The fourth-order valence-electron chi connectivity index (χ4n) is 3.92. The van der Waals surface area contributed by atoms with Crippen molar-refractivity contribution in [1.82, 2.24) is 9.88 Å². The number of rotatable bonds is 5. The highest BCUT2D eigenvalue weighted by Crippen LogP contribution is 2.31. The maximum absolute atomic E-state index is 15.8. The molecule has 3 aromatic rings. The van der Waals surface area contributed by atoms with Crippen LogP contribution >= 0.6 is 11.6 Å². The van der Waals surface area contributed by atoms with Gasteiger partial charge in [-0.3, -0.25) is 4.79 Å². The second kappa shape index (κ2) is 9.26. The Morgan fingerprint density at radius 1 is 1.19 bits per heavy atom. The number of anilines is 1. The lowest BCUT2D eigenvalue weighted by Gasteiger charge is -2.30. The van der Waals surface area contributed by atoms with Crippen LogP contribution in [0.5, 0.6) is 0 Å². The number of esters is 1. The lowest BCUT2D eigenvalue weighted by molar-refractivity contribution is 0.0524. The topological polar surface area (TPSA) is 63.6 Å². The molecule has 1 N–H and O–H groups in total. The monoisotopic (exact) mass is 461 g/mol. The molecule has 2 heterocycles. The first-order valence-electron chi connectivity index (χ1n) is 10.3. The van der Waals surface area contributed by atoms with Gasteiger partial charge in [0.05, 0.1) is 17.5 Å². The van der Waals surface area contributed by atoms with Gasteiger partial charge < -0.3 is 19.5 Å². The van der Waals surface area contributed by atoms with E-state index in [-0.39, 0.29) is 35.3 Å². The Morgan fingerprint density at radius 3 is 2.53 bits per heavy atom. The minimum absolute atomic E-state index is 0.0621. The molecule has 4 rings (SSSR count). The Labute approximate surface area is 188 Å². The molecule has 0 atom stereocenters. The van der Waals surface area contributed by atoms with Crippen LogP contribution in [0, 0.1) is 11.6 Å². The molecule has 0 unspecified atom stereocenters. The number of piperazine rings is 1. The van der Waals surface area contributed by atoms with Crippen LogP contribution in [-0.4, -0.2) is 43.3 Å². The van der Waals surface area contributed by atoms with Gasteiger partial charge in [0.1, 0.15) is 17.1 Å². The summed E-state index contributed by atoms with van der Waals surface area (Å²) in [7, 11) is 0. The van der Waals surface area contributed by atoms with Crippen molar-refractivity contribution in [2.75, 3.05) is 37.7 Å². The summed E-state index contributed by atoms with van der Waals surface area (Å²) in [6.07, 6.45) is 1.28. The lowest BCUT2D eigenvalue weighted by Crippen LogP contribution is -2.44. The van der Waals surface area contributed by atoms with Crippen LogP contribution < -0.4 is 15.6 Å². The molecule has 168 valence electrons. The van der Waals surface area contributed by atoms with Crippen molar-refractivity contribution in [2.45, 2.75) is 13.5 Å². The van der Waals surface area contributed by atoms with Crippen LogP contribution in [0.2, 0.25) is 5.02 Å². The number of nitrogens with zero attached hydrogens (tertiary/aromatic N) is 2. The number of benzene rings is 2. The first-order valence-corrected chi connectivity index (χ1v) is 10.7. The van der Waals surface area contributed by atoms with Gasteiger partial charge in [-0.1, -0.05) is 23.7 Å². The summed E-state index contributed by atoms with van der Waals surface area (Å²) in [5.74, 6) is -2.51. The van der Waals surface area contributed by atoms with Gasteiger partial charge in [-0.05, 0) is 30.7 Å². The molecular formula is C23H22ClF2N3O3. The van der Waals surface area contributed by atoms with Gasteiger partial charge in [0, 0.05) is 43.9 Å². The van der Waals surface area contributed by atoms with E-state index in [0.29, 0.717) is 31.2 Å². The molecule has 1 fully saturated rings. The summed E-state index contributed by atoms with van der Waals surface area (Å²) < 4.78 is 37.3. The van der Waals surface area contributed by atoms with Crippen LogP contribution in [0.4, 0.5) is 14.5 Å². The van der Waals surface area contributed by atoms with Crippen molar-refractivity contribution < 1.29 is 18.3 Å². The van der Waals surface area contributed by atoms with Crippen molar-refractivity contribution in [3.63, 3.8) is 0 Å². The highest BCUT2D eigenvalue weighted by molar-refractivity contribution is 6.30. The van der Waals surface area contributed by atoms with Crippen LogP contribution in [0.25, 0.3) is 10.9 Å². The predicted molar refractivity (Wildman–Crippen MR) is 120 cm³/mol. The van der Waals surface area contributed by atoms with Gasteiger partial charge >= 0.3 is 5.97 Å². The van der Waals surface area contributed by atoms with E-state index in [2.05, 4.69) is 5.32 Å². The van der Waals surface area contributed by atoms with Gasteiger partial charge in [-0.15, -0.1) is 0 Å². The Morgan fingerprint density at radius 2 is 1.88 bits per heavy atom. The van der Waals surface area contributed by atoms with Crippen molar-refractivity contribution in [1.29, 1.82) is 0 Å². The summed E-state index contributed by atoms with van der Waals surface area (Å²) in [5, 5.41) is 3.48. The van der Waals surface area contributed by atoms with Crippen LogP contribution in [0.15, 0.2) is 41.3 Å². The molecule has 0 radical (unpaired) electrons. The second-order valence-electron chi connectivity index (χ2n) is 7.50. The number of carbonyl (C=O) groups is 1. The molecule has 32 heavy (non-hydrogen) atoms. The highest BCUT2D eigenvalue weighted by Gasteiger charge is 2.26. The van der Waals surface area contributed by atoms with Crippen molar-refractivity contribution in [3.8, 4) is 0 Å². The van der Waals surface area contributed by atoms with E-state index in [1.165, 1.54) is 10.8 Å². The number of hydrogen-bond donors (Lipinski definition) is 1. The van der Waals surface area contributed by atoms with Gasteiger partial charge in [-0.2, -0.15) is 0 Å². The Kier molecular flexibility index (Phi) is 6.43. The zero-order valence-electron chi connectivity index (χ0n) is 17.5. The van der Waals surface area contributed by atoms with E-state index in [1.807, 2.05) is 0 Å². The third kappa shape index (κ3) is 4.20. The highest BCUT2D eigenvalue weighted by atomic mass is 35.5. The minimum Gasteiger partial charge on any atom is -0.462 e. The van der Waals surface area contributed by atoms with Crippen LogP contribution in [0.3, 0.4) is 0 Å². The summed E-state index contributed by atoms with van der Waals surface area (Å²) in [6, 6.07) is 7.91. The molecule has 2 aromatic carbocycles. The molecule has 0 bridgehead atoms. The molecule has 1 aliphatic rings. The smallest absolute Gasteiger partial charge is 0.343 e. The molecule has 6 nitrogen and oxygen atoms in total. The van der Waals surface area contributed by atoms with Crippen molar-refractivity contribution >= 4 is 34.2 Å². The molecule has 0 amide bonds. The number of carbonyl (C=O) groups excluding carboxylic acids is 1. The molecule has 0 saturated carbocycles. The number of fused-ring (bicyclic) bond motifs is 1. The SMILES string of the molecule is CCOC(=O)c1cn(Cc2ccc(Cl)cc2)c2c(F)c(N3CCNCC3)c(F)cc2c1=O. The van der Waals surface area contributed by atoms with Crippen LogP contribution in [-0.2, 0) is 11.3 Å². The van der Waals surface area contributed by atoms with Gasteiger partial charge in [0.2, 0.25) is 5.43 Å². The Bertz CT molecular complexity index is 1220. The van der Waals surface area contributed by atoms with Gasteiger partial charge in [0.15, 0.2) is 5.82 Å². The average molecular weight is 462 g/mol. The van der Waals surface area contributed by atoms with Gasteiger partial charge in [0.25, 0.3) is 0 Å². The molecule has 1 aliphatic heterocycles. The molecule has 1 saturated heterocycles. The van der Waals surface area contributed by atoms with Crippen molar-refractivity contribution in [3.05, 3.63) is 74.5 Å². The number of halogens is 3. The van der Waals surface area contributed by atoms with Gasteiger partial charge in [-0.25, -0.2) is 13.6 Å². The van der Waals surface area contributed by atoms with E-state index < -0.39 is 23.0 Å². The fraction of sp³-hybridized carbons (Fsp3) is 0.304. The van der Waals surface area contributed by atoms with Crippen molar-refractivity contribution in [2.24, 2.45) is 0 Å². The fourth-order valence-corrected chi connectivity index (χ4v) is 4.05. The lowest BCUT2D eigenvalue weighted by atomic mass is 10.1. The molecular weight excluding hydrogens is 440 g/mol. The zero-order valence-corrected chi connectivity index (χ0v) is 18.2. The standard InChI is InChI=1S/C23H22ClF2N3O3/c1-2-32-23(31)17-13-29(12-14-3-5-15(24)6-4-14)20-16(22(17)30)11-18(25)21(19(20)26)28-9-7-27-8-10-28/h3-6,11,13,27H,2,7-10,12H2,1H3. The Balaban J connectivity index is 1.95. The quantitative estimate of drug-likeness (QED) is 0.589. The van der Waals surface area contributed by atoms with E-state index >= 15 is 8.78 Å². The Hall–Kier alpha value is -2.97. The van der Waals surface area contributed by atoms with E-state index in [4.69, 9.17) is 16.3 Å². The van der Waals surface area contributed by atoms with Crippen LogP contribution in [0.1, 0.15) is 22.8 Å². The first kappa shape index (κ1) is 22.2. The molecule has 1 aromatic heterocycles. The number of pyridine rings is 1. The third-order valence-corrected chi connectivity index (χ3v) is 5.68. The largest absolute Gasteiger partial charge is 0.462 e. The summed E-state index contributed by atoms with van der Waals surface area (Å²) >= 11 is 5.96. The molecule has 9 heteroatoms. The zero-order chi connectivity index (χ0) is 22.8. The second-order valence-corrected chi connectivity index (χ2v) is 7.94. The van der Waals surface area contributed by atoms with E-state index in [9.17, 15) is 9.59 Å². The number of ether oxygens (including phenoxy) is 1. The first-order chi connectivity index (χ1) is 15.4. The normalized spacial score (nSPS) is 14.1. The molecule has 0 aliphatic carbocycles.